The van der Waals surface area contributed by atoms with Gasteiger partial charge >= 0.3 is 0 Å². The number of hydrogen-bond acceptors (Lipinski definition) is 4. The predicted octanol–water partition coefficient (Wildman–Crippen LogP) is 1.93. The Morgan fingerprint density at radius 3 is 2.48 bits per heavy atom. The molecule has 0 atom stereocenters. The van der Waals surface area contributed by atoms with Gasteiger partial charge in [0.15, 0.2) is 9.84 Å². The number of hydrogen-bond donors (Lipinski definition) is 0. The summed E-state index contributed by atoms with van der Waals surface area (Å²) in [7, 11) is -3.30. The van der Waals surface area contributed by atoms with Crippen LogP contribution in [0, 0.1) is 5.92 Å². The van der Waals surface area contributed by atoms with E-state index in [0.717, 1.165) is 6.54 Å². The van der Waals surface area contributed by atoms with Crippen LogP contribution in [0.15, 0.2) is 29.2 Å². The van der Waals surface area contributed by atoms with Crippen LogP contribution in [0.4, 0.5) is 5.69 Å². The molecule has 1 aliphatic heterocycles. The third kappa shape index (κ3) is 3.68. The van der Waals surface area contributed by atoms with E-state index in [1.54, 1.807) is 18.2 Å². The first-order valence-corrected chi connectivity index (χ1v) is 10.2. The van der Waals surface area contributed by atoms with Gasteiger partial charge in [0.1, 0.15) is 0 Å². The molecule has 1 amide bonds. The predicted molar refractivity (Wildman–Crippen MR) is 90.3 cm³/mol. The lowest BCUT2D eigenvalue weighted by Gasteiger charge is -2.37. The van der Waals surface area contributed by atoms with Crippen LogP contribution in [-0.2, 0) is 14.6 Å². The second-order valence-corrected chi connectivity index (χ2v) is 8.64. The molecule has 1 saturated heterocycles. The van der Waals surface area contributed by atoms with E-state index in [0.29, 0.717) is 29.6 Å². The van der Waals surface area contributed by atoms with Gasteiger partial charge in [-0.3, -0.25) is 4.79 Å². The van der Waals surface area contributed by atoms with Crippen molar-refractivity contribution in [2.24, 2.45) is 5.92 Å². The van der Waals surface area contributed by atoms with Gasteiger partial charge in [-0.1, -0.05) is 25.0 Å². The van der Waals surface area contributed by atoms with Crippen molar-refractivity contribution >= 4 is 21.4 Å². The molecule has 0 spiro atoms. The maximum Gasteiger partial charge on any atom is 0.242 e. The summed E-state index contributed by atoms with van der Waals surface area (Å²) in [5.74, 6) is 0.750. The molecule has 1 saturated carbocycles. The molecule has 0 unspecified atom stereocenters. The third-order valence-corrected chi connectivity index (χ3v) is 6.02. The number of benzene rings is 1. The van der Waals surface area contributed by atoms with Gasteiger partial charge in [-0.25, -0.2) is 8.42 Å². The Kier molecular flexibility index (Phi) is 4.62. The Balaban J connectivity index is 1.72. The zero-order valence-corrected chi connectivity index (χ0v) is 14.4. The van der Waals surface area contributed by atoms with Gasteiger partial charge < -0.3 is 9.80 Å². The van der Waals surface area contributed by atoms with Crippen LogP contribution in [0.3, 0.4) is 0 Å². The van der Waals surface area contributed by atoms with E-state index in [9.17, 15) is 13.2 Å². The smallest absolute Gasteiger partial charge is 0.242 e. The molecule has 5 nitrogen and oxygen atoms in total. The summed E-state index contributed by atoms with van der Waals surface area (Å²) in [5.41, 5.74) is 0.642. The summed E-state index contributed by atoms with van der Waals surface area (Å²) >= 11 is 0. The number of carbonyl (C=O) groups is 1. The van der Waals surface area contributed by atoms with Gasteiger partial charge in [-0.2, -0.15) is 0 Å². The highest BCUT2D eigenvalue weighted by Gasteiger charge is 2.29. The first-order valence-electron chi connectivity index (χ1n) is 8.27. The Morgan fingerprint density at radius 2 is 1.83 bits per heavy atom. The molecule has 0 aromatic heterocycles. The van der Waals surface area contributed by atoms with Gasteiger partial charge in [0.05, 0.1) is 17.1 Å². The molecule has 2 fully saturated rings. The van der Waals surface area contributed by atoms with E-state index >= 15 is 0 Å². The minimum atomic E-state index is -3.30. The average molecular weight is 336 g/mol. The molecule has 1 aromatic carbocycles. The molecular weight excluding hydrogens is 312 g/mol. The van der Waals surface area contributed by atoms with E-state index in [2.05, 4.69) is 0 Å². The summed E-state index contributed by atoms with van der Waals surface area (Å²) in [5, 5.41) is 0. The second-order valence-electron chi connectivity index (χ2n) is 6.65. The van der Waals surface area contributed by atoms with Crippen LogP contribution in [-0.4, -0.2) is 51.7 Å². The van der Waals surface area contributed by atoms with Crippen LogP contribution in [0.5, 0.6) is 0 Å². The number of rotatable bonds is 4. The van der Waals surface area contributed by atoms with Crippen LogP contribution in [0.25, 0.3) is 0 Å². The Hall–Kier alpha value is -1.56. The van der Waals surface area contributed by atoms with Crippen molar-refractivity contribution in [1.82, 2.24) is 4.90 Å². The minimum Gasteiger partial charge on any atom is -0.359 e. The number of para-hydroxylation sites is 1. The summed E-state index contributed by atoms with van der Waals surface area (Å²) in [4.78, 5) is 16.6. The van der Waals surface area contributed by atoms with Crippen LogP contribution >= 0.6 is 0 Å². The molecule has 2 aliphatic rings. The molecular formula is C17H24N2O3S. The molecule has 23 heavy (non-hydrogen) atoms. The number of anilines is 1. The molecule has 3 rings (SSSR count). The monoisotopic (exact) mass is 336 g/mol. The highest BCUT2D eigenvalue weighted by atomic mass is 32.2. The van der Waals surface area contributed by atoms with Gasteiger partial charge in [0.25, 0.3) is 0 Å². The largest absolute Gasteiger partial charge is 0.359 e. The Morgan fingerprint density at radius 1 is 1.13 bits per heavy atom. The maximum atomic E-state index is 12.5. The van der Waals surface area contributed by atoms with Crippen molar-refractivity contribution in [3.8, 4) is 0 Å². The van der Waals surface area contributed by atoms with Crippen molar-refractivity contribution in [3.63, 3.8) is 0 Å². The standard InChI is InChI=1S/C17H24N2O3S/c1-23(21,22)16-9-5-4-8-15(16)18-10-11-19(17(20)13-18)12-14-6-2-3-7-14/h4-5,8-9,14H,2-3,6-7,10-13H2,1H3. The van der Waals surface area contributed by atoms with Crippen molar-refractivity contribution < 1.29 is 13.2 Å². The summed E-state index contributed by atoms with van der Waals surface area (Å²) < 4.78 is 23.9. The van der Waals surface area contributed by atoms with E-state index in [4.69, 9.17) is 0 Å². The molecule has 0 radical (unpaired) electrons. The number of amides is 1. The van der Waals surface area contributed by atoms with Crippen molar-refractivity contribution in [1.29, 1.82) is 0 Å². The quantitative estimate of drug-likeness (QED) is 0.843. The average Bonchev–Trinajstić information content (AvgIpc) is 3.01. The fourth-order valence-corrected chi connectivity index (χ4v) is 4.55. The number of carbonyl (C=O) groups excluding carboxylic acids is 1. The van der Waals surface area contributed by atoms with Crippen LogP contribution < -0.4 is 4.90 Å². The lowest BCUT2D eigenvalue weighted by Crippen LogP contribution is -2.51. The molecule has 0 bridgehead atoms. The molecule has 1 heterocycles. The number of sulfone groups is 1. The fourth-order valence-electron chi connectivity index (χ4n) is 3.64. The molecule has 126 valence electrons. The first kappa shape index (κ1) is 16.3. The lowest BCUT2D eigenvalue weighted by molar-refractivity contribution is -0.131. The van der Waals surface area contributed by atoms with Crippen molar-refractivity contribution in [3.05, 3.63) is 24.3 Å². The number of piperazine rings is 1. The van der Waals surface area contributed by atoms with Crippen molar-refractivity contribution in [2.75, 3.05) is 37.3 Å². The van der Waals surface area contributed by atoms with Gasteiger partial charge in [0.2, 0.25) is 5.91 Å². The highest BCUT2D eigenvalue weighted by Crippen LogP contribution is 2.28. The van der Waals surface area contributed by atoms with E-state index in [1.807, 2.05) is 15.9 Å². The SMILES string of the molecule is CS(=O)(=O)c1ccccc1N1CCN(CC2CCCC2)C(=O)C1. The normalized spacial score (nSPS) is 20.3. The Labute approximate surface area is 138 Å². The molecule has 1 aliphatic carbocycles. The maximum absolute atomic E-state index is 12.5. The second kappa shape index (κ2) is 6.51. The van der Waals surface area contributed by atoms with E-state index < -0.39 is 9.84 Å². The van der Waals surface area contributed by atoms with Gasteiger partial charge in [-0.15, -0.1) is 0 Å². The minimum absolute atomic E-state index is 0.103. The van der Waals surface area contributed by atoms with Gasteiger partial charge in [-0.05, 0) is 30.9 Å². The topological polar surface area (TPSA) is 57.7 Å². The highest BCUT2D eigenvalue weighted by molar-refractivity contribution is 7.90. The number of nitrogens with zero attached hydrogens (tertiary/aromatic N) is 2. The van der Waals surface area contributed by atoms with Crippen molar-refractivity contribution in [2.45, 2.75) is 30.6 Å². The summed E-state index contributed by atoms with van der Waals surface area (Å²) in [6, 6.07) is 6.94. The Bertz CT molecular complexity index is 681. The van der Waals surface area contributed by atoms with E-state index in [-0.39, 0.29) is 12.5 Å². The van der Waals surface area contributed by atoms with Crippen LogP contribution in [0.1, 0.15) is 25.7 Å². The first-order chi connectivity index (χ1) is 10.9. The third-order valence-electron chi connectivity index (χ3n) is 4.88. The molecule has 1 aromatic rings. The summed E-state index contributed by atoms with van der Waals surface area (Å²) in [6.07, 6.45) is 6.22. The van der Waals surface area contributed by atoms with Crippen LogP contribution in [0.2, 0.25) is 0 Å². The molecule has 6 heteroatoms. The summed E-state index contributed by atoms with van der Waals surface area (Å²) in [6.45, 7) is 2.48. The van der Waals surface area contributed by atoms with Gasteiger partial charge in [0, 0.05) is 25.9 Å². The fraction of sp³-hybridized carbons (Fsp3) is 0.588. The zero-order valence-electron chi connectivity index (χ0n) is 13.6. The lowest BCUT2D eigenvalue weighted by atomic mass is 10.1. The zero-order chi connectivity index (χ0) is 16.4. The molecule has 0 N–H and O–H groups in total. The van der Waals surface area contributed by atoms with E-state index in [1.165, 1.54) is 31.9 Å².